The summed E-state index contributed by atoms with van der Waals surface area (Å²) < 4.78 is 0. The van der Waals surface area contributed by atoms with E-state index in [4.69, 9.17) is 23.2 Å². The summed E-state index contributed by atoms with van der Waals surface area (Å²) >= 11 is 12.2. The molecule has 0 unspecified atom stereocenters. The highest BCUT2D eigenvalue weighted by Gasteiger charge is 2.30. The van der Waals surface area contributed by atoms with Crippen LogP contribution in [0.3, 0.4) is 0 Å². The Labute approximate surface area is 176 Å². The van der Waals surface area contributed by atoms with Gasteiger partial charge in [0.25, 0.3) is 0 Å². The number of carbonyl (C=O) groups is 1. The summed E-state index contributed by atoms with van der Waals surface area (Å²) in [5, 5.41) is 1.51. The maximum Gasteiger partial charge on any atom is 0.225 e. The first-order chi connectivity index (χ1) is 13.6. The van der Waals surface area contributed by atoms with Crippen LogP contribution in [0.25, 0.3) is 0 Å². The summed E-state index contributed by atoms with van der Waals surface area (Å²) in [6.07, 6.45) is 1.81. The lowest BCUT2D eigenvalue weighted by atomic mass is 9.94. The highest BCUT2D eigenvalue weighted by Crippen LogP contribution is 2.27. The van der Waals surface area contributed by atoms with Crippen LogP contribution in [0.4, 0.5) is 11.4 Å². The highest BCUT2D eigenvalue weighted by atomic mass is 35.5. The molecule has 0 radical (unpaired) electrons. The van der Waals surface area contributed by atoms with Crippen molar-refractivity contribution in [1.29, 1.82) is 0 Å². The third kappa shape index (κ3) is 4.39. The van der Waals surface area contributed by atoms with E-state index in [0.29, 0.717) is 5.91 Å². The van der Waals surface area contributed by atoms with Crippen LogP contribution in [-0.2, 0) is 4.79 Å². The zero-order chi connectivity index (χ0) is 19.5. The molecule has 0 spiro atoms. The van der Waals surface area contributed by atoms with Crippen LogP contribution in [-0.4, -0.2) is 50.1 Å². The molecule has 4 nitrogen and oxygen atoms in total. The molecule has 2 saturated heterocycles. The predicted molar refractivity (Wildman–Crippen MR) is 117 cm³/mol. The van der Waals surface area contributed by atoms with Crippen molar-refractivity contribution in [1.82, 2.24) is 4.90 Å². The molecule has 0 aliphatic carbocycles. The molecule has 2 aliphatic heterocycles. The molecule has 2 aromatic rings. The quantitative estimate of drug-likeness (QED) is 0.731. The summed E-state index contributed by atoms with van der Waals surface area (Å²) in [4.78, 5) is 19.7. The number of anilines is 2. The van der Waals surface area contributed by atoms with Crippen molar-refractivity contribution < 1.29 is 4.79 Å². The van der Waals surface area contributed by atoms with Gasteiger partial charge in [-0.1, -0.05) is 35.3 Å². The molecule has 0 bridgehead atoms. The fraction of sp³-hybridized carbons (Fsp3) is 0.409. The number of piperidine rings is 1. The average Bonchev–Trinajstić information content (AvgIpc) is 2.73. The first-order valence-electron chi connectivity index (χ1n) is 9.90. The number of nitrogens with zero attached hydrogens (tertiary/aromatic N) is 3. The number of amides is 1. The second-order valence-electron chi connectivity index (χ2n) is 7.53. The van der Waals surface area contributed by atoms with Gasteiger partial charge in [-0.3, -0.25) is 4.79 Å². The monoisotopic (exact) mass is 417 g/mol. The van der Waals surface area contributed by atoms with E-state index in [0.717, 1.165) is 73.5 Å². The molecule has 2 aromatic carbocycles. The van der Waals surface area contributed by atoms with Gasteiger partial charge < -0.3 is 14.7 Å². The van der Waals surface area contributed by atoms with E-state index in [1.807, 2.05) is 41.3 Å². The number of piperazine rings is 1. The minimum absolute atomic E-state index is 0.133. The molecule has 2 fully saturated rings. The largest absolute Gasteiger partial charge is 0.371 e. The topological polar surface area (TPSA) is 26.8 Å². The lowest BCUT2D eigenvalue weighted by Crippen LogP contribution is -2.51. The predicted octanol–water partition coefficient (Wildman–Crippen LogP) is 4.56. The lowest BCUT2D eigenvalue weighted by molar-refractivity contribution is -0.136. The molecule has 2 aliphatic rings. The Balaban J connectivity index is 1.29. The Morgan fingerprint density at radius 2 is 1.25 bits per heavy atom. The van der Waals surface area contributed by atoms with Crippen LogP contribution in [0.1, 0.15) is 12.8 Å². The van der Waals surface area contributed by atoms with Crippen LogP contribution in [0.2, 0.25) is 10.0 Å². The van der Waals surface area contributed by atoms with E-state index in [2.05, 4.69) is 21.9 Å². The third-order valence-corrected chi connectivity index (χ3v) is 6.25. The van der Waals surface area contributed by atoms with Gasteiger partial charge >= 0.3 is 0 Å². The number of rotatable bonds is 3. The normalized spacial score (nSPS) is 18.4. The van der Waals surface area contributed by atoms with E-state index >= 15 is 0 Å². The fourth-order valence-corrected chi connectivity index (χ4v) is 4.54. The van der Waals surface area contributed by atoms with Gasteiger partial charge in [0.1, 0.15) is 0 Å². The fourth-order valence-electron chi connectivity index (χ4n) is 4.17. The third-order valence-electron chi connectivity index (χ3n) is 5.78. The second kappa shape index (κ2) is 8.62. The summed E-state index contributed by atoms with van der Waals surface area (Å²) in [5.41, 5.74) is 2.28. The van der Waals surface area contributed by atoms with Crippen molar-refractivity contribution in [3.8, 4) is 0 Å². The minimum atomic E-state index is 0.133. The van der Waals surface area contributed by atoms with E-state index < -0.39 is 0 Å². The van der Waals surface area contributed by atoms with E-state index in [-0.39, 0.29) is 5.92 Å². The minimum Gasteiger partial charge on any atom is -0.371 e. The number of hydrogen-bond donors (Lipinski definition) is 0. The number of carbonyl (C=O) groups excluding carboxylic acids is 1. The van der Waals surface area contributed by atoms with Gasteiger partial charge in [-0.25, -0.2) is 0 Å². The Morgan fingerprint density at radius 1 is 0.750 bits per heavy atom. The molecular weight excluding hydrogens is 393 g/mol. The Kier molecular flexibility index (Phi) is 5.98. The molecular formula is C22H25Cl2N3O. The maximum atomic E-state index is 13.0. The van der Waals surface area contributed by atoms with Gasteiger partial charge in [-0.15, -0.1) is 0 Å². The van der Waals surface area contributed by atoms with Crippen molar-refractivity contribution in [2.75, 3.05) is 49.1 Å². The van der Waals surface area contributed by atoms with E-state index in [1.165, 1.54) is 0 Å². The van der Waals surface area contributed by atoms with Crippen molar-refractivity contribution >= 4 is 40.5 Å². The van der Waals surface area contributed by atoms with Gasteiger partial charge in [0.2, 0.25) is 5.91 Å². The summed E-state index contributed by atoms with van der Waals surface area (Å²) in [6.45, 7) is 5.07. The summed E-state index contributed by atoms with van der Waals surface area (Å²) in [6, 6.07) is 15.9. The molecule has 0 N–H and O–H groups in total. The molecule has 28 heavy (non-hydrogen) atoms. The lowest BCUT2D eigenvalue weighted by Gasteiger charge is -2.39. The number of hydrogen-bond acceptors (Lipinski definition) is 3. The van der Waals surface area contributed by atoms with Crippen LogP contribution in [0, 0.1) is 5.92 Å². The van der Waals surface area contributed by atoms with E-state index in [1.54, 1.807) is 0 Å². The summed E-state index contributed by atoms with van der Waals surface area (Å²) in [7, 11) is 0. The van der Waals surface area contributed by atoms with Crippen LogP contribution in [0.15, 0.2) is 48.5 Å². The van der Waals surface area contributed by atoms with Crippen LogP contribution < -0.4 is 9.80 Å². The number of benzene rings is 2. The smallest absolute Gasteiger partial charge is 0.225 e. The van der Waals surface area contributed by atoms with Crippen LogP contribution in [0.5, 0.6) is 0 Å². The molecule has 1 amide bonds. The first kappa shape index (κ1) is 19.4. The van der Waals surface area contributed by atoms with Gasteiger partial charge in [0.15, 0.2) is 0 Å². The first-order valence-corrected chi connectivity index (χ1v) is 10.7. The summed E-state index contributed by atoms with van der Waals surface area (Å²) in [5.74, 6) is 0.449. The van der Waals surface area contributed by atoms with Gasteiger partial charge in [0, 0.05) is 66.6 Å². The Hall–Kier alpha value is -1.91. The molecule has 2 heterocycles. The number of halogens is 2. The molecule has 148 valence electrons. The zero-order valence-corrected chi connectivity index (χ0v) is 17.4. The van der Waals surface area contributed by atoms with Crippen molar-refractivity contribution in [3.05, 3.63) is 58.6 Å². The van der Waals surface area contributed by atoms with Crippen molar-refractivity contribution in [3.63, 3.8) is 0 Å². The van der Waals surface area contributed by atoms with Crippen molar-refractivity contribution in [2.45, 2.75) is 12.8 Å². The molecule has 4 rings (SSSR count). The van der Waals surface area contributed by atoms with Crippen LogP contribution >= 0.6 is 23.2 Å². The molecule has 0 aromatic heterocycles. The van der Waals surface area contributed by atoms with Gasteiger partial charge in [-0.2, -0.15) is 0 Å². The molecule has 6 heteroatoms. The van der Waals surface area contributed by atoms with Crippen molar-refractivity contribution in [2.24, 2.45) is 5.92 Å². The molecule has 0 saturated carbocycles. The van der Waals surface area contributed by atoms with Gasteiger partial charge in [-0.05, 0) is 49.2 Å². The van der Waals surface area contributed by atoms with E-state index in [9.17, 15) is 4.79 Å². The molecule has 0 atom stereocenters. The standard InChI is InChI=1S/C22H25Cl2N3O/c23-18-3-1-5-20(15-18)25-9-7-17(8-10-25)22(28)27-13-11-26(12-14-27)21-6-2-4-19(24)16-21/h1-6,15-17H,7-14H2. The Bertz CT molecular complexity index is 761. The SMILES string of the molecule is O=C(C1CCN(c2cccc(Cl)c2)CC1)N1CCN(c2cccc(Cl)c2)CC1. The second-order valence-corrected chi connectivity index (χ2v) is 8.41. The average molecular weight is 418 g/mol. The highest BCUT2D eigenvalue weighted by molar-refractivity contribution is 6.31. The zero-order valence-electron chi connectivity index (χ0n) is 15.9. The van der Waals surface area contributed by atoms with Gasteiger partial charge in [0.05, 0.1) is 0 Å². The Morgan fingerprint density at radius 3 is 1.75 bits per heavy atom. The maximum absolute atomic E-state index is 13.0.